The Kier molecular flexibility index (Phi) is 7.29. The maximum Gasteiger partial charge on any atom is 0.336 e. The van der Waals surface area contributed by atoms with Crippen LogP contribution >= 0.6 is 11.8 Å². The number of rotatable bonds is 9. The van der Waals surface area contributed by atoms with Crippen molar-refractivity contribution in [1.29, 1.82) is 0 Å². The molecule has 1 unspecified atom stereocenters. The van der Waals surface area contributed by atoms with Crippen LogP contribution in [0.3, 0.4) is 0 Å². The summed E-state index contributed by atoms with van der Waals surface area (Å²) in [6.45, 7) is 3.50. The predicted molar refractivity (Wildman–Crippen MR) is 105 cm³/mol. The zero-order valence-corrected chi connectivity index (χ0v) is 16.4. The van der Waals surface area contributed by atoms with Gasteiger partial charge in [0.1, 0.15) is 17.4 Å². The average molecular weight is 393 g/mol. The lowest BCUT2D eigenvalue weighted by atomic mass is 10.0. The lowest BCUT2D eigenvalue weighted by Gasteiger charge is -2.15. The second-order valence-electron chi connectivity index (χ2n) is 6.18. The first-order chi connectivity index (χ1) is 12.8. The number of thioether (sulfide) groups is 1. The number of aliphatic carboxylic acids is 1. The molecule has 0 saturated heterocycles. The Bertz CT molecular complexity index is 892. The molecule has 0 radical (unpaired) electrons. The van der Waals surface area contributed by atoms with E-state index < -0.39 is 23.5 Å². The Balaban J connectivity index is 2.26. The molecule has 1 aromatic heterocycles. The summed E-state index contributed by atoms with van der Waals surface area (Å²) in [6.07, 6.45) is 3.27. The van der Waals surface area contributed by atoms with Gasteiger partial charge in [-0.05, 0) is 42.9 Å². The van der Waals surface area contributed by atoms with E-state index in [1.54, 1.807) is 18.4 Å². The summed E-state index contributed by atoms with van der Waals surface area (Å²) in [7, 11) is 0. The molecular weight excluding hydrogens is 370 g/mol. The fourth-order valence-corrected chi connectivity index (χ4v) is 3.33. The number of amides is 1. The number of ether oxygens (including phenoxy) is 1. The van der Waals surface area contributed by atoms with Crippen LogP contribution in [0.2, 0.25) is 0 Å². The molecule has 0 saturated carbocycles. The van der Waals surface area contributed by atoms with Gasteiger partial charge in [-0.15, -0.1) is 0 Å². The first kappa shape index (κ1) is 20.8. The lowest BCUT2D eigenvalue weighted by Crippen LogP contribution is -2.44. The topological polar surface area (TPSA) is 106 Å². The molecule has 0 bridgehead atoms. The lowest BCUT2D eigenvalue weighted by molar-refractivity contribution is -0.141. The standard InChI is InChI=1S/C19H23NO6S/c1-4-5-12-8-17(22)26-15-7-11(2)6-14(18(12)15)25-9-16(21)20-13(10-27-3)19(23)24/h6-8,13H,4-5,9-10H2,1-3H3,(H,20,21)(H,23,24). The summed E-state index contributed by atoms with van der Waals surface area (Å²) >= 11 is 1.33. The van der Waals surface area contributed by atoms with Gasteiger partial charge in [0, 0.05) is 11.8 Å². The molecule has 1 amide bonds. The molecule has 1 atom stereocenters. The van der Waals surface area contributed by atoms with Crippen molar-refractivity contribution < 1.29 is 23.8 Å². The van der Waals surface area contributed by atoms with Gasteiger partial charge < -0.3 is 19.6 Å². The van der Waals surface area contributed by atoms with Gasteiger partial charge in [0.15, 0.2) is 6.61 Å². The van der Waals surface area contributed by atoms with Crippen molar-refractivity contribution in [2.24, 2.45) is 0 Å². The van der Waals surface area contributed by atoms with E-state index in [4.69, 9.17) is 14.3 Å². The second-order valence-corrected chi connectivity index (χ2v) is 7.09. The minimum absolute atomic E-state index is 0.264. The predicted octanol–water partition coefficient (Wildman–Crippen LogP) is 2.37. The van der Waals surface area contributed by atoms with E-state index in [0.29, 0.717) is 23.1 Å². The van der Waals surface area contributed by atoms with Crippen LogP contribution in [0.1, 0.15) is 24.5 Å². The molecule has 0 aliphatic heterocycles. The van der Waals surface area contributed by atoms with E-state index in [-0.39, 0.29) is 12.4 Å². The van der Waals surface area contributed by atoms with E-state index in [9.17, 15) is 14.4 Å². The van der Waals surface area contributed by atoms with Crippen molar-refractivity contribution in [2.45, 2.75) is 32.7 Å². The van der Waals surface area contributed by atoms with E-state index in [0.717, 1.165) is 17.5 Å². The largest absolute Gasteiger partial charge is 0.483 e. The van der Waals surface area contributed by atoms with Crippen LogP contribution in [0.4, 0.5) is 0 Å². The smallest absolute Gasteiger partial charge is 0.336 e. The van der Waals surface area contributed by atoms with Gasteiger partial charge >= 0.3 is 11.6 Å². The maximum atomic E-state index is 12.1. The van der Waals surface area contributed by atoms with Crippen LogP contribution in [0.25, 0.3) is 11.0 Å². The van der Waals surface area contributed by atoms with Crippen molar-refractivity contribution >= 4 is 34.6 Å². The molecule has 146 valence electrons. The van der Waals surface area contributed by atoms with E-state index in [1.165, 1.54) is 17.8 Å². The summed E-state index contributed by atoms with van der Waals surface area (Å²) < 4.78 is 11.0. The fourth-order valence-electron chi connectivity index (χ4n) is 2.77. The fraction of sp³-hybridized carbons (Fsp3) is 0.421. The Morgan fingerprint density at radius 2 is 2.07 bits per heavy atom. The number of carboxylic acids is 1. The minimum atomic E-state index is -1.09. The van der Waals surface area contributed by atoms with Crippen LogP contribution in [0.5, 0.6) is 5.75 Å². The summed E-state index contributed by atoms with van der Waals surface area (Å²) in [4.78, 5) is 35.1. The van der Waals surface area contributed by atoms with Gasteiger partial charge in [-0.1, -0.05) is 13.3 Å². The average Bonchev–Trinajstić information content (AvgIpc) is 2.58. The molecule has 0 aliphatic carbocycles. The summed E-state index contributed by atoms with van der Waals surface area (Å²) in [5.41, 5.74) is 1.60. The molecule has 0 aliphatic rings. The number of carbonyl (C=O) groups excluding carboxylic acids is 1. The normalized spacial score (nSPS) is 12.0. The summed E-state index contributed by atoms with van der Waals surface area (Å²) in [6, 6.07) is 3.99. The van der Waals surface area contributed by atoms with Gasteiger partial charge in [0.05, 0.1) is 5.39 Å². The Morgan fingerprint density at radius 1 is 1.33 bits per heavy atom. The Morgan fingerprint density at radius 3 is 2.70 bits per heavy atom. The highest BCUT2D eigenvalue weighted by Crippen LogP contribution is 2.30. The van der Waals surface area contributed by atoms with Crippen molar-refractivity contribution in [3.05, 3.63) is 39.7 Å². The van der Waals surface area contributed by atoms with Crippen LogP contribution in [0, 0.1) is 6.92 Å². The van der Waals surface area contributed by atoms with E-state index in [1.807, 2.05) is 13.8 Å². The zero-order chi connectivity index (χ0) is 20.0. The minimum Gasteiger partial charge on any atom is -0.483 e. The number of hydrogen-bond acceptors (Lipinski definition) is 6. The number of fused-ring (bicyclic) bond motifs is 1. The quantitative estimate of drug-likeness (QED) is 0.630. The second kappa shape index (κ2) is 9.45. The number of benzene rings is 1. The first-order valence-corrected chi connectivity index (χ1v) is 9.96. The Hall–Kier alpha value is -2.48. The maximum absolute atomic E-state index is 12.1. The van der Waals surface area contributed by atoms with Gasteiger partial charge in [-0.3, -0.25) is 4.79 Å². The molecule has 2 rings (SSSR count). The summed E-state index contributed by atoms with van der Waals surface area (Å²) in [5, 5.41) is 12.2. The van der Waals surface area contributed by atoms with Crippen LogP contribution in [-0.2, 0) is 16.0 Å². The Labute approximate surface area is 161 Å². The van der Waals surface area contributed by atoms with Gasteiger partial charge in [0.2, 0.25) is 0 Å². The first-order valence-electron chi connectivity index (χ1n) is 8.57. The molecule has 2 N–H and O–H groups in total. The van der Waals surface area contributed by atoms with Crippen LogP contribution < -0.4 is 15.7 Å². The third-order valence-corrected chi connectivity index (χ3v) is 4.55. The van der Waals surface area contributed by atoms with Crippen molar-refractivity contribution in [3.8, 4) is 5.75 Å². The monoisotopic (exact) mass is 393 g/mol. The van der Waals surface area contributed by atoms with Gasteiger partial charge in [0.25, 0.3) is 5.91 Å². The van der Waals surface area contributed by atoms with Gasteiger partial charge in [-0.25, -0.2) is 9.59 Å². The van der Waals surface area contributed by atoms with Crippen molar-refractivity contribution in [2.75, 3.05) is 18.6 Å². The molecule has 1 aromatic carbocycles. The molecule has 0 spiro atoms. The van der Waals surface area contributed by atoms with Crippen molar-refractivity contribution in [1.82, 2.24) is 5.32 Å². The van der Waals surface area contributed by atoms with Crippen molar-refractivity contribution in [3.63, 3.8) is 0 Å². The highest BCUT2D eigenvalue weighted by molar-refractivity contribution is 7.98. The number of nitrogens with one attached hydrogen (secondary N) is 1. The molecule has 1 heterocycles. The number of aryl methyl sites for hydroxylation is 2. The molecule has 8 heteroatoms. The van der Waals surface area contributed by atoms with E-state index >= 15 is 0 Å². The zero-order valence-electron chi connectivity index (χ0n) is 15.5. The number of carbonyl (C=O) groups is 2. The molecule has 0 fully saturated rings. The number of carboxylic acid groups (broad SMARTS) is 1. The summed E-state index contributed by atoms with van der Waals surface area (Å²) in [5.74, 6) is -0.921. The third kappa shape index (κ3) is 5.50. The number of hydrogen-bond donors (Lipinski definition) is 2. The molecular formula is C19H23NO6S. The highest BCUT2D eigenvalue weighted by Gasteiger charge is 2.20. The third-order valence-electron chi connectivity index (χ3n) is 3.88. The molecule has 27 heavy (non-hydrogen) atoms. The van der Waals surface area contributed by atoms with Gasteiger partial charge in [-0.2, -0.15) is 11.8 Å². The highest BCUT2D eigenvalue weighted by atomic mass is 32.2. The van der Waals surface area contributed by atoms with E-state index in [2.05, 4.69) is 5.32 Å². The molecule has 7 nitrogen and oxygen atoms in total. The van der Waals surface area contributed by atoms with Crippen LogP contribution in [0.15, 0.2) is 27.4 Å². The SMILES string of the molecule is CCCc1cc(=O)oc2cc(C)cc(OCC(=O)NC(CSC)C(=O)O)c12. The molecule has 2 aromatic rings. The van der Waals surface area contributed by atoms with Crippen LogP contribution in [-0.4, -0.2) is 41.6 Å².